The number of ether oxygens (including phenoxy) is 1. The van der Waals surface area contributed by atoms with Gasteiger partial charge in [0.1, 0.15) is 17.4 Å². The number of hydrogen-bond acceptors (Lipinski definition) is 9. The third-order valence-electron chi connectivity index (χ3n) is 6.16. The minimum atomic E-state index is -4.24. The molecule has 3 aromatic rings. The van der Waals surface area contributed by atoms with E-state index in [1.165, 1.54) is 18.2 Å². The first-order valence-corrected chi connectivity index (χ1v) is 13.7. The summed E-state index contributed by atoms with van der Waals surface area (Å²) in [6.45, 7) is 8.82. The molecule has 0 radical (unpaired) electrons. The Kier molecular flexibility index (Phi) is 7.63. The van der Waals surface area contributed by atoms with Gasteiger partial charge in [0.2, 0.25) is 0 Å². The third-order valence-corrected chi connectivity index (χ3v) is 7.39. The Balaban J connectivity index is 0.00000267. The monoisotopic (exact) mass is 530 g/mol. The number of carbonyl (C=O) groups is 1. The van der Waals surface area contributed by atoms with E-state index >= 15 is 0 Å². The zero-order valence-corrected chi connectivity index (χ0v) is 22.2. The van der Waals surface area contributed by atoms with Gasteiger partial charge < -0.3 is 15.4 Å². The van der Waals surface area contributed by atoms with Crippen molar-refractivity contribution in [2.75, 3.05) is 17.2 Å². The van der Waals surface area contributed by atoms with Gasteiger partial charge in [-0.15, -0.1) is 0 Å². The lowest BCUT2D eigenvalue weighted by molar-refractivity contribution is 0.0981. The lowest BCUT2D eigenvalue weighted by Gasteiger charge is -2.29. The molecule has 0 saturated carbocycles. The van der Waals surface area contributed by atoms with Gasteiger partial charge in [-0.2, -0.15) is 8.42 Å². The second kappa shape index (κ2) is 10.7. The Hall–Kier alpha value is -3.73. The van der Waals surface area contributed by atoms with Gasteiger partial charge in [0, 0.05) is 28.1 Å². The summed E-state index contributed by atoms with van der Waals surface area (Å²) < 4.78 is 33.7. The Morgan fingerprint density at radius 1 is 1.16 bits per heavy atom. The van der Waals surface area contributed by atoms with Crippen molar-refractivity contribution in [3.05, 3.63) is 54.4 Å². The number of sulfonamides is 1. The number of nitrogens with zero attached hydrogens (tertiary/aromatic N) is 4. The highest BCUT2D eigenvalue weighted by atomic mass is 32.2. The van der Waals surface area contributed by atoms with Crippen molar-refractivity contribution in [2.24, 2.45) is 5.92 Å². The quantitative estimate of drug-likeness (QED) is 0.434. The molecule has 0 bridgehead atoms. The lowest BCUT2D eigenvalue weighted by atomic mass is 10.1. The molecule has 3 N–H and O–H groups in total. The van der Waals surface area contributed by atoms with Crippen LogP contribution in [0.5, 0.6) is 5.75 Å². The van der Waals surface area contributed by atoms with Gasteiger partial charge in [-0.1, -0.05) is 19.9 Å². The molecule has 0 aromatic carbocycles. The van der Waals surface area contributed by atoms with Crippen LogP contribution in [0.3, 0.4) is 0 Å². The van der Waals surface area contributed by atoms with Gasteiger partial charge in [0.25, 0.3) is 15.9 Å². The molecular weight excluding hydrogens is 492 g/mol. The summed E-state index contributed by atoms with van der Waals surface area (Å²) in [5.41, 5.74) is 7.11. The summed E-state index contributed by atoms with van der Waals surface area (Å²) in [5, 5.41) is -0.334. The van der Waals surface area contributed by atoms with E-state index in [2.05, 4.69) is 47.3 Å². The van der Waals surface area contributed by atoms with Crippen LogP contribution in [0.25, 0.3) is 11.3 Å². The van der Waals surface area contributed by atoms with E-state index < -0.39 is 15.9 Å². The number of nitrogen functional groups attached to an aromatic ring is 1. The Labute approximate surface area is 221 Å². The number of pyridine rings is 3. The van der Waals surface area contributed by atoms with Crippen LogP contribution >= 0.6 is 0 Å². The second-order valence-electron chi connectivity index (χ2n) is 9.70. The number of aromatic nitrogens is 3. The van der Waals surface area contributed by atoms with E-state index in [1.54, 1.807) is 24.5 Å². The van der Waals surface area contributed by atoms with Crippen molar-refractivity contribution in [3.63, 3.8) is 0 Å². The molecule has 4 rings (SSSR count). The van der Waals surface area contributed by atoms with Crippen LogP contribution < -0.4 is 20.1 Å². The number of hydrogen-bond donors (Lipinski definition) is 2. The molecule has 1 amide bonds. The summed E-state index contributed by atoms with van der Waals surface area (Å²) in [7, 11) is -4.24. The van der Waals surface area contributed by atoms with E-state index in [1.807, 2.05) is 6.07 Å². The molecule has 1 aliphatic rings. The van der Waals surface area contributed by atoms with Gasteiger partial charge in [-0.25, -0.2) is 14.7 Å². The maximum absolute atomic E-state index is 13.3. The number of rotatable bonds is 8. The molecule has 0 spiro atoms. The summed E-state index contributed by atoms with van der Waals surface area (Å²) >= 11 is 0. The van der Waals surface area contributed by atoms with E-state index in [9.17, 15) is 13.2 Å². The normalized spacial score (nSPS) is 17.7. The average Bonchev–Trinajstić information content (AvgIpc) is 3.19. The average molecular weight is 531 g/mol. The first-order valence-electron chi connectivity index (χ1n) is 12.2. The van der Waals surface area contributed by atoms with Gasteiger partial charge in [0.05, 0.1) is 24.1 Å². The molecule has 37 heavy (non-hydrogen) atoms. The second-order valence-corrected chi connectivity index (χ2v) is 11.3. The van der Waals surface area contributed by atoms with Gasteiger partial charge in [0.15, 0.2) is 5.03 Å². The highest BCUT2D eigenvalue weighted by molar-refractivity contribution is 7.90. The molecule has 0 aliphatic carbocycles. The Morgan fingerprint density at radius 3 is 2.57 bits per heavy atom. The van der Waals surface area contributed by atoms with Crippen LogP contribution in [-0.4, -0.2) is 48.0 Å². The molecule has 1 aliphatic heterocycles. The van der Waals surface area contributed by atoms with Gasteiger partial charge >= 0.3 is 0 Å². The Morgan fingerprint density at radius 2 is 1.89 bits per heavy atom. The standard InChI is InChI=1S/C26H32N6O4S.3H2/c1-16(2)15-36-20-12-19(13-28-14-20)22-11-10-21(25(29-22)32-17(3)8-9-18(32)4)26(33)31-37(34,35)24-7-5-6-23(27)30-24;;;/h5-7,10-14,16-18H,8-9,15H2,1-4H3,(H2,27,30)(H,31,33);3*1H/t17-,18+;;;. The Bertz CT molecular complexity index is 1400. The van der Waals surface area contributed by atoms with Crippen LogP contribution in [0.4, 0.5) is 11.6 Å². The minimum absolute atomic E-state index is 0. The van der Waals surface area contributed by atoms with E-state index in [0.29, 0.717) is 29.8 Å². The number of amides is 1. The molecule has 1 saturated heterocycles. The summed E-state index contributed by atoms with van der Waals surface area (Å²) in [6.07, 6.45) is 5.19. The minimum Gasteiger partial charge on any atom is -0.492 e. The van der Waals surface area contributed by atoms with Crippen molar-refractivity contribution in [3.8, 4) is 17.0 Å². The largest absolute Gasteiger partial charge is 0.492 e. The van der Waals surface area contributed by atoms with E-state index in [0.717, 1.165) is 18.4 Å². The summed E-state index contributed by atoms with van der Waals surface area (Å²) in [5.74, 6) is 0.645. The fourth-order valence-electron chi connectivity index (χ4n) is 4.31. The summed E-state index contributed by atoms with van der Waals surface area (Å²) in [4.78, 5) is 28.3. The zero-order valence-electron chi connectivity index (χ0n) is 21.4. The van der Waals surface area contributed by atoms with Gasteiger partial charge in [-0.05, 0) is 62.9 Å². The predicted octanol–water partition coefficient (Wildman–Crippen LogP) is 4.39. The van der Waals surface area contributed by atoms with Crippen molar-refractivity contribution < 1.29 is 22.2 Å². The lowest BCUT2D eigenvalue weighted by Crippen LogP contribution is -2.37. The van der Waals surface area contributed by atoms with Crippen LogP contribution in [-0.2, 0) is 10.0 Å². The molecular formula is C26H38N6O4S. The van der Waals surface area contributed by atoms with E-state index in [-0.39, 0.29) is 32.8 Å². The van der Waals surface area contributed by atoms with Crippen molar-refractivity contribution in [1.82, 2.24) is 19.7 Å². The highest BCUT2D eigenvalue weighted by Crippen LogP contribution is 2.34. The predicted molar refractivity (Wildman–Crippen MR) is 148 cm³/mol. The number of carbonyl (C=O) groups excluding carboxylic acids is 1. The summed E-state index contributed by atoms with van der Waals surface area (Å²) in [6, 6.07) is 9.58. The topological polar surface area (TPSA) is 140 Å². The molecule has 202 valence electrons. The first-order chi connectivity index (χ1) is 17.5. The first kappa shape index (κ1) is 26.3. The fraction of sp³-hybridized carbons (Fsp3) is 0.385. The smallest absolute Gasteiger partial charge is 0.281 e. The van der Waals surface area contributed by atoms with Crippen LogP contribution in [0.2, 0.25) is 0 Å². The number of anilines is 2. The number of nitrogens with one attached hydrogen (secondary N) is 1. The van der Waals surface area contributed by atoms with Crippen LogP contribution in [0.1, 0.15) is 55.2 Å². The molecule has 2 atom stereocenters. The van der Waals surface area contributed by atoms with Crippen LogP contribution in [0.15, 0.2) is 53.8 Å². The van der Waals surface area contributed by atoms with Crippen molar-refractivity contribution in [2.45, 2.75) is 57.6 Å². The molecule has 11 heteroatoms. The molecule has 4 heterocycles. The molecule has 1 fully saturated rings. The fourth-order valence-corrected chi connectivity index (χ4v) is 5.25. The maximum atomic E-state index is 13.3. The molecule has 0 unspecified atom stereocenters. The maximum Gasteiger partial charge on any atom is 0.281 e. The van der Waals surface area contributed by atoms with Crippen LogP contribution in [0, 0.1) is 5.92 Å². The molecule has 3 aromatic heterocycles. The SMILES string of the molecule is CC(C)COc1cncc(-c2ccc(C(=O)NS(=O)(=O)c3cccc(N)n3)c(N3[C@H](C)CC[C@@H]3C)n2)c1.[HH].[HH].[HH]. The van der Waals surface area contributed by atoms with Crippen molar-refractivity contribution >= 4 is 27.6 Å². The molecule has 10 nitrogen and oxygen atoms in total. The number of nitrogens with two attached hydrogens (primary N) is 1. The highest BCUT2D eigenvalue weighted by Gasteiger charge is 2.33. The van der Waals surface area contributed by atoms with Crippen molar-refractivity contribution in [1.29, 1.82) is 0 Å². The third kappa shape index (κ3) is 5.99. The zero-order chi connectivity index (χ0) is 26.7. The van der Waals surface area contributed by atoms with Gasteiger partial charge in [-0.3, -0.25) is 9.78 Å². The van der Waals surface area contributed by atoms with E-state index in [4.69, 9.17) is 15.5 Å².